The molecule has 1 saturated heterocycles. The molecule has 0 aromatic heterocycles. The van der Waals surface area contributed by atoms with Gasteiger partial charge >= 0.3 is 0 Å². The minimum Gasteiger partial charge on any atom is -0.339 e. The van der Waals surface area contributed by atoms with Crippen LogP contribution >= 0.6 is 11.6 Å². The van der Waals surface area contributed by atoms with Gasteiger partial charge in [0.1, 0.15) is 0 Å². The standard InChI is InChI=1S/C12H22ClNO/c1-9-5-6-14(10(2)7-9)11(15)12(3,4)8-13/h9-10H,5-8H2,1-4H3. The normalized spacial score (nSPS) is 27.9. The fraction of sp³-hybridized carbons (Fsp3) is 0.917. The highest BCUT2D eigenvalue weighted by atomic mass is 35.5. The summed E-state index contributed by atoms with van der Waals surface area (Å²) in [6.45, 7) is 9.13. The average Bonchev–Trinajstić information content (AvgIpc) is 2.17. The number of halogens is 1. The molecule has 0 N–H and O–H groups in total. The summed E-state index contributed by atoms with van der Waals surface area (Å²) in [7, 11) is 0. The molecule has 0 bridgehead atoms. The summed E-state index contributed by atoms with van der Waals surface area (Å²) in [6.07, 6.45) is 2.23. The molecule has 1 amide bonds. The van der Waals surface area contributed by atoms with E-state index in [9.17, 15) is 4.79 Å². The van der Waals surface area contributed by atoms with Crippen LogP contribution in [0.25, 0.3) is 0 Å². The van der Waals surface area contributed by atoms with Crippen LogP contribution in [-0.2, 0) is 4.79 Å². The lowest BCUT2D eigenvalue weighted by molar-refractivity contribution is -0.143. The Hall–Kier alpha value is -0.240. The number of amides is 1. The second-order valence-electron chi connectivity index (χ2n) is 5.49. The maximum atomic E-state index is 12.2. The predicted molar refractivity (Wildman–Crippen MR) is 64.1 cm³/mol. The van der Waals surface area contributed by atoms with E-state index >= 15 is 0 Å². The van der Waals surface area contributed by atoms with Crippen LogP contribution in [0.1, 0.15) is 40.5 Å². The van der Waals surface area contributed by atoms with Gasteiger partial charge in [0.05, 0.1) is 5.41 Å². The van der Waals surface area contributed by atoms with E-state index in [0.717, 1.165) is 25.3 Å². The minimum absolute atomic E-state index is 0.205. The van der Waals surface area contributed by atoms with Crippen molar-refractivity contribution in [3.05, 3.63) is 0 Å². The zero-order chi connectivity index (χ0) is 11.6. The topological polar surface area (TPSA) is 20.3 Å². The van der Waals surface area contributed by atoms with Gasteiger partial charge in [0.2, 0.25) is 5.91 Å². The van der Waals surface area contributed by atoms with Gasteiger partial charge in [-0.05, 0) is 39.5 Å². The van der Waals surface area contributed by atoms with Gasteiger partial charge in [0.25, 0.3) is 0 Å². The molecule has 15 heavy (non-hydrogen) atoms. The Morgan fingerprint density at radius 3 is 2.53 bits per heavy atom. The molecule has 1 aliphatic heterocycles. The van der Waals surface area contributed by atoms with Gasteiger partial charge < -0.3 is 4.90 Å². The lowest BCUT2D eigenvalue weighted by Crippen LogP contribution is -2.50. The van der Waals surface area contributed by atoms with E-state index in [1.165, 1.54) is 0 Å². The van der Waals surface area contributed by atoms with Crippen LogP contribution in [0.15, 0.2) is 0 Å². The van der Waals surface area contributed by atoms with Crippen LogP contribution in [0.5, 0.6) is 0 Å². The Kier molecular flexibility index (Phi) is 4.05. The molecule has 0 spiro atoms. The molecule has 1 aliphatic rings. The van der Waals surface area contributed by atoms with Crippen molar-refractivity contribution in [1.29, 1.82) is 0 Å². The van der Waals surface area contributed by atoms with Gasteiger partial charge in [-0.15, -0.1) is 11.6 Å². The third-order valence-electron chi connectivity index (χ3n) is 3.31. The monoisotopic (exact) mass is 231 g/mol. The van der Waals surface area contributed by atoms with Gasteiger partial charge in [-0.1, -0.05) is 6.92 Å². The number of piperidine rings is 1. The Morgan fingerprint density at radius 1 is 1.47 bits per heavy atom. The van der Waals surface area contributed by atoms with Crippen LogP contribution in [0.3, 0.4) is 0 Å². The van der Waals surface area contributed by atoms with Gasteiger partial charge in [0.15, 0.2) is 0 Å². The Bertz CT molecular complexity index is 240. The number of alkyl halides is 1. The molecule has 1 fully saturated rings. The molecule has 0 saturated carbocycles. The lowest BCUT2D eigenvalue weighted by Gasteiger charge is -2.40. The maximum Gasteiger partial charge on any atom is 0.229 e. The molecule has 3 heteroatoms. The summed E-state index contributed by atoms with van der Waals surface area (Å²) in [6, 6.07) is 0.365. The first-order valence-corrected chi connectivity index (χ1v) is 6.29. The molecular weight excluding hydrogens is 210 g/mol. The van der Waals surface area contributed by atoms with Crippen LogP contribution in [0.4, 0.5) is 0 Å². The summed E-state index contributed by atoms with van der Waals surface area (Å²) >= 11 is 5.84. The number of rotatable bonds is 2. The summed E-state index contributed by atoms with van der Waals surface area (Å²) in [5.74, 6) is 1.34. The third kappa shape index (κ3) is 2.87. The molecule has 2 nitrogen and oxygen atoms in total. The SMILES string of the molecule is CC1CCN(C(=O)C(C)(C)CCl)C(C)C1. The summed E-state index contributed by atoms with van der Waals surface area (Å²) in [4.78, 5) is 14.2. The highest BCUT2D eigenvalue weighted by molar-refractivity contribution is 6.19. The van der Waals surface area contributed by atoms with Crippen LogP contribution < -0.4 is 0 Å². The summed E-state index contributed by atoms with van der Waals surface area (Å²) in [5, 5.41) is 0. The van der Waals surface area contributed by atoms with Gasteiger partial charge in [0, 0.05) is 18.5 Å². The fourth-order valence-corrected chi connectivity index (χ4v) is 2.27. The van der Waals surface area contributed by atoms with Crippen molar-refractivity contribution in [2.75, 3.05) is 12.4 Å². The first-order chi connectivity index (χ1) is 6.88. The molecule has 88 valence electrons. The highest BCUT2D eigenvalue weighted by Crippen LogP contribution is 2.28. The lowest BCUT2D eigenvalue weighted by atomic mass is 9.88. The molecule has 1 heterocycles. The first kappa shape index (κ1) is 12.8. The van der Waals surface area contributed by atoms with Gasteiger partial charge in [-0.3, -0.25) is 4.79 Å². The van der Waals surface area contributed by atoms with Crippen molar-refractivity contribution < 1.29 is 4.79 Å². The summed E-state index contributed by atoms with van der Waals surface area (Å²) in [5.41, 5.74) is -0.420. The largest absolute Gasteiger partial charge is 0.339 e. The molecular formula is C12H22ClNO. The molecule has 0 aromatic carbocycles. The van der Waals surface area contributed by atoms with Crippen LogP contribution in [-0.4, -0.2) is 29.3 Å². The Morgan fingerprint density at radius 2 is 2.07 bits per heavy atom. The number of hydrogen-bond acceptors (Lipinski definition) is 1. The van der Waals surface area contributed by atoms with Gasteiger partial charge in [-0.2, -0.15) is 0 Å². The van der Waals surface area contributed by atoms with E-state index in [4.69, 9.17) is 11.6 Å². The molecule has 0 aromatic rings. The number of nitrogens with zero attached hydrogens (tertiary/aromatic N) is 1. The quantitative estimate of drug-likeness (QED) is 0.670. The molecule has 2 atom stereocenters. The molecule has 0 radical (unpaired) electrons. The third-order valence-corrected chi connectivity index (χ3v) is 3.98. The average molecular weight is 232 g/mol. The van der Waals surface area contributed by atoms with Crippen molar-refractivity contribution in [2.24, 2.45) is 11.3 Å². The maximum absolute atomic E-state index is 12.2. The van der Waals surface area contributed by atoms with E-state index in [1.54, 1.807) is 0 Å². The highest BCUT2D eigenvalue weighted by Gasteiger charge is 2.35. The van der Waals surface area contributed by atoms with E-state index in [-0.39, 0.29) is 5.91 Å². The Balaban J connectivity index is 2.68. The van der Waals surface area contributed by atoms with E-state index in [2.05, 4.69) is 13.8 Å². The molecule has 0 aliphatic carbocycles. The number of likely N-dealkylation sites (tertiary alicyclic amines) is 1. The van der Waals surface area contributed by atoms with Crippen molar-refractivity contribution in [3.8, 4) is 0 Å². The zero-order valence-electron chi connectivity index (χ0n) is 10.2. The molecule has 1 rings (SSSR count). The smallest absolute Gasteiger partial charge is 0.229 e. The number of hydrogen-bond donors (Lipinski definition) is 0. The summed E-state index contributed by atoms with van der Waals surface area (Å²) < 4.78 is 0. The van der Waals surface area contributed by atoms with Gasteiger partial charge in [-0.25, -0.2) is 0 Å². The zero-order valence-corrected chi connectivity index (χ0v) is 11.0. The number of carbonyl (C=O) groups excluding carboxylic acids is 1. The van der Waals surface area contributed by atoms with E-state index in [1.807, 2.05) is 18.7 Å². The van der Waals surface area contributed by atoms with Crippen molar-refractivity contribution in [1.82, 2.24) is 4.90 Å². The second-order valence-corrected chi connectivity index (χ2v) is 5.76. The Labute approximate surface area is 98.0 Å². The van der Waals surface area contributed by atoms with Crippen LogP contribution in [0, 0.1) is 11.3 Å². The van der Waals surface area contributed by atoms with Crippen molar-refractivity contribution in [3.63, 3.8) is 0 Å². The number of carbonyl (C=O) groups is 1. The fourth-order valence-electron chi connectivity index (χ4n) is 2.15. The second kappa shape index (κ2) is 4.73. The van der Waals surface area contributed by atoms with Crippen molar-refractivity contribution in [2.45, 2.75) is 46.6 Å². The van der Waals surface area contributed by atoms with Crippen molar-refractivity contribution >= 4 is 17.5 Å². The first-order valence-electron chi connectivity index (χ1n) is 5.75. The minimum atomic E-state index is -0.420. The predicted octanol–water partition coefficient (Wildman–Crippen LogP) is 2.90. The molecule has 2 unspecified atom stereocenters. The van der Waals surface area contributed by atoms with E-state index in [0.29, 0.717) is 11.9 Å². The van der Waals surface area contributed by atoms with E-state index < -0.39 is 5.41 Å². The van der Waals surface area contributed by atoms with Crippen LogP contribution in [0.2, 0.25) is 0 Å².